The highest BCUT2D eigenvalue weighted by Crippen LogP contribution is 2.35. The van der Waals surface area contributed by atoms with Gasteiger partial charge >= 0.3 is 0 Å². The first-order valence-corrected chi connectivity index (χ1v) is 6.96. The van der Waals surface area contributed by atoms with E-state index >= 15 is 0 Å². The van der Waals surface area contributed by atoms with Gasteiger partial charge in [0.1, 0.15) is 11.8 Å². The largest absolute Gasteiger partial charge is 0.497 e. The summed E-state index contributed by atoms with van der Waals surface area (Å²) in [5, 5.41) is 10.6. The molecule has 0 saturated heterocycles. The zero-order valence-corrected chi connectivity index (χ0v) is 12.1. The van der Waals surface area contributed by atoms with Gasteiger partial charge in [0.25, 0.3) is 0 Å². The molecule has 0 bridgehead atoms. The van der Waals surface area contributed by atoms with Crippen molar-refractivity contribution in [1.29, 1.82) is 5.26 Å². The standard InChI is InChI=1S/C18H16N2O/c1-3-20-17-11-14(21-2)9-10-15(17)16(12-19)18(20)13-7-5-4-6-8-13/h4-11H,3H2,1-2H3. The third-order valence-electron chi connectivity index (χ3n) is 3.75. The Kier molecular flexibility index (Phi) is 3.37. The third-order valence-corrected chi connectivity index (χ3v) is 3.75. The number of rotatable bonds is 3. The molecule has 0 spiro atoms. The second kappa shape index (κ2) is 5.34. The number of aromatic nitrogens is 1. The number of benzene rings is 2. The van der Waals surface area contributed by atoms with Gasteiger partial charge in [-0.05, 0) is 24.6 Å². The van der Waals surface area contributed by atoms with Gasteiger partial charge in [0.05, 0.1) is 23.9 Å². The van der Waals surface area contributed by atoms with Crippen LogP contribution >= 0.6 is 0 Å². The first-order chi connectivity index (χ1) is 10.3. The van der Waals surface area contributed by atoms with Gasteiger partial charge in [0.15, 0.2) is 0 Å². The van der Waals surface area contributed by atoms with Gasteiger partial charge < -0.3 is 9.30 Å². The minimum absolute atomic E-state index is 0.723. The number of hydrogen-bond donors (Lipinski definition) is 0. The predicted molar refractivity (Wildman–Crippen MR) is 84.3 cm³/mol. The van der Waals surface area contributed by atoms with Crippen molar-refractivity contribution < 1.29 is 4.74 Å². The van der Waals surface area contributed by atoms with Crippen LogP contribution < -0.4 is 4.74 Å². The van der Waals surface area contributed by atoms with E-state index in [4.69, 9.17) is 4.74 Å². The molecule has 0 saturated carbocycles. The lowest BCUT2D eigenvalue weighted by Gasteiger charge is -2.08. The summed E-state index contributed by atoms with van der Waals surface area (Å²) >= 11 is 0. The van der Waals surface area contributed by atoms with Gasteiger partial charge in [-0.1, -0.05) is 30.3 Å². The van der Waals surface area contributed by atoms with E-state index in [2.05, 4.69) is 17.6 Å². The first kappa shape index (κ1) is 13.3. The van der Waals surface area contributed by atoms with E-state index < -0.39 is 0 Å². The molecule has 2 aromatic carbocycles. The van der Waals surface area contributed by atoms with Crippen LogP contribution in [0, 0.1) is 11.3 Å². The highest BCUT2D eigenvalue weighted by molar-refractivity contribution is 5.95. The minimum Gasteiger partial charge on any atom is -0.497 e. The number of fused-ring (bicyclic) bond motifs is 1. The van der Waals surface area contributed by atoms with Gasteiger partial charge in [-0.15, -0.1) is 0 Å². The molecule has 21 heavy (non-hydrogen) atoms. The molecule has 0 amide bonds. The number of hydrogen-bond acceptors (Lipinski definition) is 2. The molecule has 104 valence electrons. The van der Waals surface area contributed by atoms with Crippen molar-refractivity contribution in [3.05, 3.63) is 54.1 Å². The van der Waals surface area contributed by atoms with Crippen LogP contribution in [0.4, 0.5) is 0 Å². The molecule has 3 heteroatoms. The molecule has 1 aromatic heterocycles. The monoisotopic (exact) mass is 276 g/mol. The van der Waals surface area contributed by atoms with E-state index in [1.807, 2.05) is 48.5 Å². The maximum atomic E-state index is 9.62. The van der Waals surface area contributed by atoms with Gasteiger partial charge in [-0.2, -0.15) is 5.26 Å². The molecule has 0 aliphatic carbocycles. The summed E-state index contributed by atoms with van der Waals surface area (Å²) in [4.78, 5) is 0. The van der Waals surface area contributed by atoms with Gasteiger partial charge in [-0.3, -0.25) is 0 Å². The summed E-state index contributed by atoms with van der Waals surface area (Å²) < 4.78 is 7.49. The number of aryl methyl sites for hydroxylation is 1. The van der Waals surface area contributed by atoms with E-state index in [9.17, 15) is 5.26 Å². The molecular weight excluding hydrogens is 260 g/mol. The predicted octanol–water partition coefficient (Wildman–Crippen LogP) is 4.21. The molecule has 3 nitrogen and oxygen atoms in total. The average Bonchev–Trinajstić information content (AvgIpc) is 2.88. The van der Waals surface area contributed by atoms with Crippen LogP contribution in [0.25, 0.3) is 22.2 Å². The number of nitrogens with zero attached hydrogens (tertiary/aromatic N) is 2. The third kappa shape index (κ3) is 2.05. The van der Waals surface area contributed by atoms with Gasteiger partial charge in [-0.25, -0.2) is 0 Å². The second-order valence-corrected chi connectivity index (χ2v) is 4.83. The second-order valence-electron chi connectivity index (χ2n) is 4.83. The van der Waals surface area contributed by atoms with Crippen LogP contribution in [0.2, 0.25) is 0 Å². The normalized spacial score (nSPS) is 10.5. The molecule has 0 fully saturated rings. The molecule has 0 unspecified atom stereocenters. The Bertz CT molecular complexity index is 826. The van der Waals surface area contributed by atoms with E-state index in [0.29, 0.717) is 0 Å². The number of ether oxygens (including phenoxy) is 1. The number of methoxy groups -OCH3 is 1. The van der Waals surface area contributed by atoms with E-state index in [0.717, 1.165) is 40.0 Å². The summed E-state index contributed by atoms with van der Waals surface area (Å²) in [6, 6.07) is 18.3. The van der Waals surface area contributed by atoms with Crippen molar-refractivity contribution in [3.63, 3.8) is 0 Å². The Labute approximate surface area is 124 Å². The fraction of sp³-hybridized carbons (Fsp3) is 0.167. The van der Waals surface area contributed by atoms with Crippen molar-refractivity contribution in [1.82, 2.24) is 4.57 Å². The van der Waals surface area contributed by atoms with E-state index in [1.165, 1.54) is 0 Å². The highest BCUT2D eigenvalue weighted by Gasteiger charge is 2.18. The van der Waals surface area contributed by atoms with Crippen LogP contribution in [0.1, 0.15) is 12.5 Å². The topological polar surface area (TPSA) is 38.0 Å². The summed E-state index contributed by atoms with van der Waals surface area (Å²) in [6.07, 6.45) is 0. The molecule has 0 aliphatic rings. The van der Waals surface area contributed by atoms with Crippen molar-refractivity contribution in [2.24, 2.45) is 0 Å². The maximum Gasteiger partial charge on any atom is 0.120 e. The minimum atomic E-state index is 0.723. The van der Waals surface area contributed by atoms with Crippen molar-refractivity contribution in [3.8, 4) is 23.1 Å². The molecular formula is C18H16N2O. The zero-order valence-electron chi connectivity index (χ0n) is 12.1. The first-order valence-electron chi connectivity index (χ1n) is 6.96. The quantitative estimate of drug-likeness (QED) is 0.718. The molecule has 3 rings (SSSR count). The van der Waals surface area contributed by atoms with Crippen molar-refractivity contribution in [2.45, 2.75) is 13.5 Å². The lowest BCUT2D eigenvalue weighted by molar-refractivity contribution is 0.415. The van der Waals surface area contributed by atoms with E-state index in [1.54, 1.807) is 7.11 Å². The highest BCUT2D eigenvalue weighted by atomic mass is 16.5. The van der Waals surface area contributed by atoms with Gasteiger partial charge in [0.2, 0.25) is 0 Å². The summed E-state index contributed by atoms with van der Waals surface area (Å²) in [5.41, 5.74) is 3.79. The molecule has 1 heterocycles. The molecule has 0 aliphatic heterocycles. The molecule has 0 atom stereocenters. The smallest absolute Gasteiger partial charge is 0.120 e. The lowest BCUT2D eigenvalue weighted by atomic mass is 10.1. The number of nitriles is 1. The Hall–Kier alpha value is -2.73. The van der Waals surface area contributed by atoms with Gasteiger partial charge in [0, 0.05) is 18.0 Å². The zero-order chi connectivity index (χ0) is 14.8. The van der Waals surface area contributed by atoms with Crippen molar-refractivity contribution >= 4 is 10.9 Å². The van der Waals surface area contributed by atoms with Crippen LogP contribution in [0.5, 0.6) is 5.75 Å². The van der Waals surface area contributed by atoms with E-state index in [-0.39, 0.29) is 0 Å². The summed E-state index contributed by atoms with van der Waals surface area (Å²) in [7, 11) is 1.66. The van der Waals surface area contributed by atoms with Crippen molar-refractivity contribution in [2.75, 3.05) is 7.11 Å². The Balaban J connectivity index is 2.41. The molecule has 0 N–H and O–H groups in total. The molecule has 3 aromatic rings. The SMILES string of the molecule is CCn1c(-c2ccccc2)c(C#N)c2ccc(OC)cc21. The Morgan fingerprint density at radius 3 is 2.52 bits per heavy atom. The average molecular weight is 276 g/mol. The van der Waals surface area contributed by atoms with Crippen LogP contribution in [0.3, 0.4) is 0 Å². The maximum absolute atomic E-state index is 9.62. The Morgan fingerprint density at radius 1 is 1.14 bits per heavy atom. The molecule has 0 radical (unpaired) electrons. The van der Waals surface area contributed by atoms with Crippen LogP contribution in [-0.2, 0) is 6.54 Å². The Morgan fingerprint density at radius 2 is 1.90 bits per heavy atom. The summed E-state index contributed by atoms with van der Waals surface area (Å²) in [5.74, 6) is 0.804. The fourth-order valence-electron chi connectivity index (χ4n) is 2.79. The van der Waals surface area contributed by atoms with Crippen LogP contribution in [-0.4, -0.2) is 11.7 Å². The fourth-order valence-corrected chi connectivity index (χ4v) is 2.79. The lowest BCUT2D eigenvalue weighted by Crippen LogP contribution is -1.97. The van der Waals surface area contributed by atoms with Crippen LogP contribution in [0.15, 0.2) is 48.5 Å². The summed E-state index contributed by atoms with van der Waals surface area (Å²) in [6.45, 7) is 2.89.